The van der Waals surface area contributed by atoms with E-state index in [1.54, 1.807) is 0 Å². The van der Waals surface area contributed by atoms with E-state index in [0.29, 0.717) is 24.7 Å². The Labute approximate surface area is 204 Å². The number of nitrogens with one attached hydrogen (secondary N) is 1. The normalized spacial score (nSPS) is 14.4. The van der Waals surface area contributed by atoms with E-state index in [-0.39, 0.29) is 6.03 Å². The molecule has 0 radical (unpaired) electrons. The first kappa shape index (κ1) is 22.4. The van der Waals surface area contributed by atoms with E-state index in [1.807, 2.05) is 41.3 Å². The number of fused-ring (bicyclic) bond motifs is 1. The van der Waals surface area contributed by atoms with Crippen molar-refractivity contribution in [2.45, 2.75) is 19.6 Å². The van der Waals surface area contributed by atoms with Crippen molar-refractivity contribution in [3.05, 3.63) is 101 Å². The summed E-state index contributed by atoms with van der Waals surface area (Å²) in [5.74, 6) is 1.06. The van der Waals surface area contributed by atoms with Gasteiger partial charge in [0.1, 0.15) is 5.82 Å². The van der Waals surface area contributed by atoms with Crippen molar-refractivity contribution < 1.29 is 4.79 Å². The van der Waals surface area contributed by atoms with Crippen LogP contribution in [0.4, 0.5) is 4.79 Å². The lowest BCUT2D eigenvalue weighted by Gasteiger charge is -2.34. The third-order valence-corrected chi connectivity index (χ3v) is 6.70. The summed E-state index contributed by atoms with van der Waals surface area (Å²) < 4.78 is 2.31. The van der Waals surface area contributed by atoms with Gasteiger partial charge in [0.15, 0.2) is 0 Å². The number of halogens is 1. The first-order chi connectivity index (χ1) is 16.7. The summed E-state index contributed by atoms with van der Waals surface area (Å²) in [5.41, 5.74) is 4.35. The first-order valence-electron chi connectivity index (χ1n) is 11.6. The van der Waals surface area contributed by atoms with Crippen molar-refractivity contribution in [1.82, 2.24) is 24.7 Å². The minimum absolute atomic E-state index is 0.0455. The van der Waals surface area contributed by atoms with E-state index in [2.05, 4.69) is 57.2 Å². The molecule has 5 rings (SSSR count). The van der Waals surface area contributed by atoms with Crippen LogP contribution in [-0.4, -0.2) is 51.6 Å². The number of carbonyl (C=O) groups is 1. The highest BCUT2D eigenvalue weighted by molar-refractivity contribution is 6.31. The maximum atomic E-state index is 12.7. The SMILES string of the molecule is O=C(NCc1ccccc1Cl)N1CCN(Cc2nc3ccccc3n2Cc2ccccc2)CC1. The fourth-order valence-corrected chi connectivity index (χ4v) is 4.62. The van der Waals surface area contributed by atoms with Crippen molar-refractivity contribution in [3.8, 4) is 0 Å². The number of imidazole rings is 1. The Balaban J connectivity index is 1.22. The molecule has 1 aromatic heterocycles. The van der Waals surface area contributed by atoms with E-state index in [4.69, 9.17) is 16.6 Å². The van der Waals surface area contributed by atoms with Crippen LogP contribution in [0, 0.1) is 0 Å². The highest BCUT2D eigenvalue weighted by Crippen LogP contribution is 2.20. The number of piperazine rings is 1. The summed E-state index contributed by atoms with van der Waals surface area (Å²) in [7, 11) is 0. The molecule has 1 fully saturated rings. The van der Waals surface area contributed by atoms with Gasteiger partial charge >= 0.3 is 6.03 Å². The summed E-state index contributed by atoms with van der Waals surface area (Å²) >= 11 is 6.20. The largest absolute Gasteiger partial charge is 0.334 e. The maximum Gasteiger partial charge on any atom is 0.317 e. The number of benzene rings is 3. The second-order valence-corrected chi connectivity index (χ2v) is 9.01. The van der Waals surface area contributed by atoms with Crippen LogP contribution in [0.25, 0.3) is 11.0 Å². The van der Waals surface area contributed by atoms with E-state index in [9.17, 15) is 4.79 Å². The molecule has 1 saturated heterocycles. The molecule has 2 amide bonds. The second kappa shape index (κ2) is 10.3. The molecule has 0 saturated carbocycles. The Morgan fingerprint density at radius 3 is 2.35 bits per heavy atom. The molecular weight excluding hydrogens is 446 g/mol. The topological polar surface area (TPSA) is 53.4 Å². The predicted octanol–water partition coefficient (Wildman–Crippen LogP) is 4.77. The molecule has 7 heteroatoms. The Morgan fingerprint density at radius 1 is 0.853 bits per heavy atom. The number of nitrogens with zero attached hydrogens (tertiary/aromatic N) is 4. The fourth-order valence-electron chi connectivity index (χ4n) is 4.42. The number of para-hydroxylation sites is 2. The molecule has 0 unspecified atom stereocenters. The highest BCUT2D eigenvalue weighted by Gasteiger charge is 2.23. The van der Waals surface area contributed by atoms with Gasteiger partial charge in [0.25, 0.3) is 0 Å². The third-order valence-electron chi connectivity index (χ3n) is 6.33. The van der Waals surface area contributed by atoms with Crippen molar-refractivity contribution in [2.75, 3.05) is 26.2 Å². The molecule has 1 aliphatic rings. The summed E-state index contributed by atoms with van der Waals surface area (Å²) in [6.07, 6.45) is 0. The smallest absolute Gasteiger partial charge is 0.317 e. The molecule has 6 nitrogen and oxygen atoms in total. The zero-order valence-electron chi connectivity index (χ0n) is 19.0. The van der Waals surface area contributed by atoms with E-state index < -0.39 is 0 Å². The van der Waals surface area contributed by atoms with Gasteiger partial charge in [-0.1, -0.05) is 72.3 Å². The quantitative estimate of drug-likeness (QED) is 0.439. The Kier molecular flexibility index (Phi) is 6.79. The van der Waals surface area contributed by atoms with E-state index in [0.717, 1.165) is 48.6 Å². The van der Waals surface area contributed by atoms with Gasteiger partial charge in [-0.25, -0.2) is 9.78 Å². The van der Waals surface area contributed by atoms with Crippen molar-refractivity contribution >= 4 is 28.7 Å². The molecular formula is C27H28ClN5O. The first-order valence-corrected chi connectivity index (χ1v) is 12.0. The second-order valence-electron chi connectivity index (χ2n) is 8.60. The van der Waals surface area contributed by atoms with Gasteiger partial charge in [0, 0.05) is 44.3 Å². The molecule has 1 aliphatic heterocycles. The summed E-state index contributed by atoms with van der Waals surface area (Å²) in [4.78, 5) is 21.9. The number of amides is 2. The average molecular weight is 474 g/mol. The third kappa shape index (κ3) is 5.08. The van der Waals surface area contributed by atoms with Crippen molar-refractivity contribution in [1.29, 1.82) is 0 Å². The van der Waals surface area contributed by atoms with Gasteiger partial charge in [-0.05, 0) is 29.3 Å². The van der Waals surface area contributed by atoms with Gasteiger partial charge in [-0.3, -0.25) is 4.90 Å². The predicted molar refractivity (Wildman–Crippen MR) is 136 cm³/mol. The number of hydrogen-bond acceptors (Lipinski definition) is 3. The molecule has 3 aromatic carbocycles. The maximum absolute atomic E-state index is 12.7. The van der Waals surface area contributed by atoms with Gasteiger partial charge in [-0.15, -0.1) is 0 Å². The van der Waals surface area contributed by atoms with Crippen LogP contribution in [0.15, 0.2) is 78.9 Å². The van der Waals surface area contributed by atoms with Gasteiger partial charge in [0.05, 0.1) is 17.6 Å². The molecule has 0 spiro atoms. The van der Waals surface area contributed by atoms with E-state index >= 15 is 0 Å². The Morgan fingerprint density at radius 2 is 1.56 bits per heavy atom. The lowest BCUT2D eigenvalue weighted by molar-refractivity contribution is 0.132. The number of rotatable bonds is 6. The van der Waals surface area contributed by atoms with Crippen LogP contribution < -0.4 is 5.32 Å². The Hall–Kier alpha value is -3.35. The molecule has 34 heavy (non-hydrogen) atoms. The van der Waals surface area contributed by atoms with E-state index in [1.165, 1.54) is 5.56 Å². The average Bonchev–Trinajstić information content (AvgIpc) is 3.21. The molecule has 4 aromatic rings. The van der Waals surface area contributed by atoms with Crippen LogP contribution in [0.1, 0.15) is 17.0 Å². The highest BCUT2D eigenvalue weighted by atomic mass is 35.5. The minimum Gasteiger partial charge on any atom is -0.334 e. The summed E-state index contributed by atoms with van der Waals surface area (Å²) in [6.45, 7) is 4.99. The zero-order valence-corrected chi connectivity index (χ0v) is 19.8. The summed E-state index contributed by atoms with van der Waals surface area (Å²) in [6, 6.07) is 26.3. The minimum atomic E-state index is -0.0455. The molecule has 0 aliphatic carbocycles. The van der Waals surface area contributed by atoms with Crippen LogP contribution in [0.2, 0.25) is 5.02 Å². The number of hydrogen-bond donors (Lipinski definition) is 1. The number of aromatic nitrogens is 2. The molecule has 1 N–H and O–H groups in total. The van der Waals surface area contributed by atoms with Crippen molar-refractivity contribution in [2.24, 2.45) is 0 Å². The number of urea groups is 1. The van der Waals surface area contributed by atoms with Crippen LogP contribution in [0.5, 0.6) is 0 Å². The van der Waals surface area contributed by atoms with Crippen LogP contribution >= 0.6 is 11.6 Å². The van der Waals surface area contributed by atoms with Crippen molar-refractivity contribution in [3.63, 3.8) is 0 Å². The van der Waals surface area contributed by atoms with Crippen LogP contribution in [-0.2, 0) is 19.6 Å². The molecule has 0 atom stereocenters. The zero-order chi connectivity index (χ0) is 23.3. The molecule has 174 valence electrons. The van der Waals surface area contributed by atoms with Gasteiger partial charge in [-0.2, -0.15) is 0 Å². The van der Waals surface area contributed by atoms with Gasteiger partial charge < -0.3 is 14.8 Å². The Bertz CT molecular complexity index is 1260. The summed E-state index contributed by atoms with van der Waals surface area (Å²) in [5, 5.41) is 3.67. The number of carbonyl (C=O) groups excluding carboxylic acids is 1. The standard InChI is InChI=1S/C27H28ClN5O/c28-23-11-5-4-10-22(23)18-29-27(34)32-16-14-31(15-17-32)20-26-30-24-12-6-7-13-25(24)33(26)19-21-8-2-1-3-9-21/h1-13H,14-20H2,(H,29,34). The molecule has 0 bridgehead atoms. The fraction of sp³-hybridized carbons (Fsp3) is 0.259. The monoisotopic (exact) mass is 473 g/mol. The molecule has 2 heterocycles. The lowest BCUT2D eigenvalue weighted by Crippen LogP contribution is -2.51. The van der Waals surface area contributed by atoms with Crippen LogP contribution in [0.3, 0.4) is 0 Å². The lowest BCUT2D eigenvalue weighted by atomic mass is 10.2. The van der Waals surface area contributed by atoms with Gasteiger partial charge in [0.2, 0.25) is 0 Å².